The Morgan fingerprint density at radius 2 is 2.23 bits per heavy atom. The van der Waals surface area contributed by atoms with E-state index in [4.69, 9.17) is 0 Å². The average molecular weight is 178 g/mol. The highest BCUT2D eigenvalue weighted by Gasteiger charge is 1.99. The monoisotopic (exact) mass is 178 g/mol. The van der Waals surface area contributed by atoms with Crippen molar-refractivity contribution in [3.8, 4) is 0 Å². The first-order chi connectivity index (χ1) is 6.25. The van der Waals surface area contributed by atoms with Crippen LogP contribution in [0.1, 0.15) is 17.5 Å². The van der Waals surface area contributed by atoms with Crippen LogP contribution < -0.4 is 0 Å². The summed E-state index contributed by atoms with van der Waals surface area (Å²) < 4.78 is 13.1. The van der Waals surface area contributed by atoms with E-state index in [1.807, 2.05) is 13.0 Å². The molecule has 68 valence electrons. The maximum absolute atomic E-state index is 13.1. The Kier molecular flexibility index (Phi) is 3.38. The molecular weight excluding hydrogens is 167 g/mol. The van der Waals surface area contributed by atoms with Gasteiger partial charge in [0.05, 0.1) is 0 Å². The number of carbonyl (C=O) groups is 1. The van der Waals surface area contributed by atoms with Gasteiger partial charge in [0.1, 0.15) is 12.1 Å². The van der Waals surface area contributed by atoms with E-state index in [0.717, 1.165) is 11.8 Å². The smallest absolute Gasteiger partial charge is 0.130 e. The number of hydrogen-bond donors (Lipinski definition) is 0. The second kappa shape index (κ2) is 4.55. The van der Waals surface area contributed by atoms with Crippen molar-refractivity contribution in [2.45, 2.75) is 13.3 Å². The zero-order valence-corrected chi connectivity index (χ0v) is 7.46. The first-order valence-corrected chi connectivity index (χ1v) is 4.11. The van der Waals surface area contributed by atoms with E-state index in [0.29, 0.717) is 12.0 Å². The van der Waals surface area contributed by atoms with Crippen molar-refractivity contribution in [3.63, 3.8) is 0 Å². The summed E-state index contributed by atoms with van der Waals surface area (Å²) in [5, 5.41) is 0. The zero-order valence-electron chi connectivity index (χ0n) is 7.46. The molecule has 0 unspecified atom stereocenters. The molecule has 0 saturated carbocycles. The molecule has 1 rings (SSSR count). The van der Waals surface area contributed by atoms with Gasteiger partial charge in [-0.1, -0.05) is 24.3 Å². The van der Waals surface area contributed by atoms with Crippen LogP contribution in [0.2, 0.25) is 0 Å². The molecule has 2 heteroatoms. The molecule has 0 aromatic heterocycles. The highest BCUT2D eigenvalue weighted by atomic mass is 19.1. The molecule has 0 spiro atoms. The summed E-state index contributed by atoms with van der Waals surface area (Å²) in [6, 6.07) is 4.92. The molecule has 0 aliphatic rings. The molecule has 0 aliphatic carbocycles. The Bertz CT molecular complexity index is 309. The molecule has 0 bridgehead atoms. The van der Waals surface area contributed by atoms with E-state index in [-0.39, 0.29) is 5.82 Å². The highest BCUT2D eigenvalue weighted by Crippen LogP contribution is 2.14. The predicted molar refractivity (Wildman–Crippen MR) is 50.9 cm³/mol. The van der Waals surface area contributed by atoms with Crippen LogP contribution in [-0.4, -0.2) is 6.29 Å². The predicted octanol–water partition coefficient (Wildman–Crippen LogP) is 2.74. The normalized spacial score (nSPS) is 10.6. The molecule has 0 heterocycles. The minimum absolute atomic E-state index is 0.248. The first-order valence-electron chi connectivity index (χ1n) is 4.11. The maximum Gasteiger partial charge on any atom is 0.130 e. The largest absolute Gasteiger partial charge is 0.303 e. The van der Waals surface area contributed by atoms with Gasteiger partial charge >= 0.3 is 0 Å². The van der Waals surface area contributed by atoms with Crippen molar-refractivity contribution in [3.05, 3.63) is 41.2 Å². The number of hydrogen-bond acceptors (Lipinski definition) is 1. The molecule has 0 saturated heterocycles. The Morgan fingerprint density at radius 1 is 1.46 bits per heavy atom. The van der Waals surface area contributed by atoms with Crippen LogP contribution >= 0.6 is 0 Å². The molecular formula is C11H11FO. The van der Waals surface area contributed by atoms with Gasteiger partial charge in [-0.2, -0.15) is 0 Å². The quantitative estimate of drug-likeness (QED) is 0.650. The Morgan fingerprint density at radius 3 is 2.85 bits per heavy atom. The molecule has 0 radical (unpaired) electrons. The van der Waals surface area contributed by atoms with Crippen molar-refractivity contribution < 1.29 is 9.18 Å². The fourth-order valence-corrected chi connectivity index (χ4v) is 1.10. The number of aryl methyl sites for hydroxylation is 1. The van der Waals surface area contributed by atoms with Crippen molar-refractivity contribution in [2.75, 3.05) is 0 Å². The lowest BCUT2D eigenvalue weighted by Crippen LogP contribution is -1.85. The van der Waals surface area contributed by atoms with E-state index in [1.165, 1.54) is 6.07 Å². The Labute approximate surface area is 76.9 Å². The lowest BCUT2D eigenvalue weighted by atomic mass is 10.1. The van der Waals surface area contributed by atoms with Crippen molar-refractivity contribution in [1.29, 1.82) is 0 Å². The summed E-state index contributed by atoms with van der Waals surface area (Å²) in [4.78, 5) is 10.0. The summed E-state index contributed by atoms with van der Waals surface area (Å²) in [5.41, 5.74) is 1.44. The highest BCUT2D eigenvalue weighted by molar-refractivity contribution is 5.59. The van der Waals surface area contributed by atoms with Crippen LogP contribution in [0.5, 0.6) is 0 Å². The van der Waals surface area contributed by atoms with Crippen LogP contribution in [0.15, 0.2) is 24.3 Å². The fraction of sp³-hybridized carbons (Fsp3) is 0.182. The molecule has 1 aromatic carbocycles. The SMILES string of the molecule is Cc1cccc(F)c1C=CCC=O. The second-order valence-electron chi connectivity index (χ2n) is 2.78. The fourth-order valence-electron chi connectivity index (χ4n) is 1.10. The van der Waals surface area contributed by atoms with E-state index < -0.39 is 0 Å². The minimum Gasteiger partial charge on any atom is -0.303 e. The molecule has 1 nitrogen and oxygen atoms in total. The topological polar surface area (TPSA) is 17.1 Å². The van der Waals surface area contributed by atoms with Crippen LogP contribution in [0.25, 0.3) is 6.08 Å². The number of carbonyl (C=O) groups excluding carboxylic acids is 1. The molecule has 0 atom stereocenters. The van der Waals surface area contributed by atoms with E-state index >= 15 is 0 Å². The van der Waals surface area contributed by atoms with Gasteiger partial charge in [-0.25, -0.2) is 4.39 Å². The Hall–Kier alpha value is -1.44. The summed E-state index contributed by atoms with van der Waals surface area (Å²) in [6.45, 7) is 1.84. The van der Waals surface area contributed by atoms with Gasteiger partial charge in [0.2, 0.25) is 0 Å². The zero-order chi connectivity index (χ0) is 9.68. The third kappa shape index (κ3) is 2.51. The number of allylic oxidation sites excluding steroid dienone is 1. The van der Waals surface area contributed by atoms with Gasteiger partial charge < -0.3 is 4.79 Å². The van der Waals surface area contributed by atoms with Crippen LogP contribution in [0.4, 0.5) is 4.39 Å². The van der Waals surface area contributed by atoms with E-state index in [2.05, 4.69) is 0 Å². The minimum atomic E-state index is -0.248. The molecule has 0 amide bonds. The molecule has 13 heavy (non-hydrogen) atoms. The summed E-state index contributed by atoms with van der Waals surface area (Å²) in [7, 11) is 0. The summed E-state index contributed by atoms with van der Waals surface area (Å²) in [6.07, 6.45) is 4.40. The van der Waals surface area contributed by atoms with Crippen molar-refractivity contribution in [1.82, 2.24) is 0 Å². The van der Waals surface area contributed by atoms with Crippen molar-refractivity contribution in [2.24, 2.45) is 0 Å². The number of rotatable bonds is 3. The number of benzene rings is 1. The third-order valence-electron chi connectivity index (χ3n) is 1.79. The van der Waals surface area contributed by atoms with Gasteiger partial charge in [-0.05, 0) is 18.6 Å². The van der Waals surface area contributed by atoms with Gasteiger partial charge in [-0.15, -0.1) is 0 Å². The Balaban J connectivity index is 2.92. The lowest BCUT2D eigenvalue weighted by molar-refractivity contribution is -0.107. The standard InChI is InChI=1S/C11H11FO/c1-9-5-4-7-11(12)10(9)6-2-3-8-13/h2,4-8H,3H2,1H3. The molecule has 0 N–H and O–H groups in total. The van der Waals surface area contributed by atoms with Gasteiger partial charge in [0.15, 0.2) is 0 Å². The third-order valence-corrected chi connectivity index (χ3v) is 1.79. The average Bonchev–Trinajstić information content (AvgIpc) is 2.10. The van der Waals surface area contributed by atoms with Gasteiger partial charge in [0, 0.05) is 12.0 Å². The molecule has 0 aliphatic heterocycles. The molecule has 0 fully saturated rings. The molecule has 1 aromatic rings. The lowest BCUT2D eigenvalue weighted by Gasteiger charge is -2.00. The number of halogens is 1. The summed E-state index contributed by atoms with van der Waals surface area (Å²) in [5.74, 6) is -0.248. The van der Waals surface area contributed by atoms with Crippen LogP contribution in [-0.2, 0) is 4.79 Å². The van der Waals surface area contributed by atoms with Crippen LogP contribution in [0, 0.1) is 12.7 Å². The van der Waals surface area contributed by atoms with E-state index in [1.54, 1.807) is 18.2 Å². The van der Waals surface area contributed by atoms with E-state index in [9.17, 15) is 9.18 Å². The second-order valence-corrected chi connectivity index (χ2v) is 2.78. The van der Waals surface area contributed by atoms with Gasteiger partial charge in [0.25, 0.3) is 0 Å². The van der Waals surface area contributed by atoms with Crippen LogP contribution in [0.3, 0.4) is 0 Å². The maximum atomic E-state index is 13.1. The first kappa shape index (κ1) is 9.65. The number of aldehydes is 1. The summed E-state index contributed by atoms with van der Waals surface area (Å²) >= 11 is 0. The van der Waals surface area contributed by atoms with Gasteiger partial charge in [-0.3, -0.25) is 0 Å². The van der Waals surface area contributed by atoms with Crippen molar-refractivity contribution >= 4 is 12.4 Å².